The topological polar surface area (TPSA) is 0 Å². The van der Waals surface area contributed by atoms with Crippen molar-refractivity contribution in [2.45, 2.75) is 52.9 Å². The highest BCUT2D eigenvalue weighted by Crippen LogP contribution is 2.35. The lowest BCUT2D eigenvalue weighted by Crippen LogP contribution is -2.11. The summed E-state index contributed by atoms with van der Waals surface area (Å²) in [6.07, 6.45) is 6.85. The summed E-state index contributed by atoms with van der Waals surface area (Å²) < 4.78 is 0. The first kappa shape index (κ1) is 12.3. The van der Waals surface area contributed by atoms with E-state index in [0.717, 1.165) is 5.92 Å². The van der Waals surface area contributed by atoms with E-state index in [4.69, 9.17) is 0 Å². The third-order valence-electron chi connectivity index (χ3n) is 3.52. The Hall–Kier alpha value is -0.780. The fraction of sp³-hybridized carbons (Fsp3) is 0.600. The first-order chi connectivity index (χ1) is 7.04. The van der Waals surface area contributed by atoms with Crippen LogP contribution < -0.4 is 0 Å². The third-order valence-corrected chi connectivity index (χ3v) is 3.52. The highest BCUT2D eigenvalue weighted by atomic mass is 14.2. The predicted molar refractivity (Wildman–Crippen MR) is 68.9 cm³/mol. The Labute approximate surface area is 94.8 Å². The molecule has 0 aliphatic heterocycles. The van der Waals surface area contributed by atoms with Crippen LogP contribution in [-0.2, 0) is 0 Å². The van der Waals surface area contributed by atoms with E-state index in [2.05, 4.69) is 33.9 Å². The van der Waals surface area contributed by atoms with Gasteiger partial charge < -0.3 is 0 Å². The zero-order valence-corrected chi connectivity index (χ0v) is 10.5. The fourth-order valence-corrected chi connectivity index (χ4v) is 2.60. The molecule has 0 radical (unpaired) electrons. The Kier molecular flexibility index (Phi) is 4.38. The quantitative estimate of drug-likeness (QED) is 0.565. The molecule has 0 nitrogen and oxygen atoms in total. The van der Waals surface area contributed by atoms with Gasteiger partial charge in [-0.05, 0) is 50.7 Å². The van der Waals surface area contributed by atoms with E-state index in [1.54, 1.807) is 0 Å². The number of hydrogen-bond acceptors (Lipinski definition) is 0. The standard InChI is InChI=1S/C15H24/c1-11(2)13(5)15(12(3)4)14-9-7-6-8-10-14/h14H,1,3,6-10H2,2,4-5H3/b15-13+. The molecule has 0 aromatic heterocycles. The minimum atomic E-state index is 0.743. The lowest BCUT2D eigenvalue weighted by Gasteiger charge is -2.27. The van der Waals surface area contributed by atoms with Gasteiger partial charge in [0.05, 0.1) is 0 Å². The number of allylic oxidation sites excluding steroid dienone is 4. The van der Waals surface area contributed by atoms with Crippen LogP contribution >= 0.6 is 0 Å². The van der Waals surface area contributed by atoms with Crippen molar-refractivity contribution in [3.05, 3.63) is 35.5 Å². The summed E-state index contributed by atoms with van der Waals surface area (Å²) in [5, 5.41) is 0. The maximum atomic E-state index is 4.14. The van der Waals surface area contributed by atoms with Gasteiger partial charge in [0.15, 0.2) is 0 Å². The molecule has 0 atom stereocenters. The van der Waals surface area contributed by atoms with E-state index in [1.807, 2.05) is 0 Å². The summed E-state index contributed by atoms with van der Waals surface area (Å²) >= 11 is 0. The predicted octanol–water partition coefficient (Wildman–Crippen LogP) is 5.04. The monoisotopic (exact) mass is 204 g/mol. The average molecular weight is 204 g/mol. The molecule has 0 spiro atoms. The molecular formula is C15H24. The molecule has 1 aliphatic rings. The van der Waals surface area contributed by atoms with E-state index in [-0.39, 0.29) is 0 Å². The van der Waals surface area contributed by atoms with E-state index in [1.165, 1.54) is 54.4 Å². The zero-order valence-electron chi connectivity index (χ0n) is 10.5. The summed E-state index contributed by atoms with van der Waals surface area (Å²) in [7, 11) is 0. The van der Waals surface area contributed by atoms with Crippen LogP contribution in [0.4, 0.5) is 0 Å². The molecule has 0 aromatic rings. The highest BCUT2D eigenvalue weighted by Gasteiger charge is 2.20. The Morgan fingerprint density at radius 2 is 1.40 bits per heavy atom. The summed E-state index contributed by atoms with van der Waals surface area (Å²) in [5.74, 6) is 0.743. The molecule has 1 fully saturated rings. The van der Waals surface area contributed by atoms with E-state index < -0.39 is 0 Å². The average Bonchev–Trinajstić information content (AvgIpc) is 2.18. The van der Waals surface area contributed by atoms with Crippen molar-refractivity contribution >= 4 is 0 Å². The van der Waals surface area contributed by atoms with Crippen LogP contribution in [0.3, 0.4) is 0 Å². The molecule has 0 amide bonds. The summed E-state index contributed by atoms with van der Waals surface area (Å²) in [6.45, 7) is 14.6. The highest BCUT2D eigenvalue weighted by molar-refractivity contribution is 5.41. The van der Waals surface area contributed by atoms with Crippen molar-refractivity contribution in [2.75, 3.05) is 0 Å². The van der Waals surface area contributed by atoms with Crippen molar-refractivity contribution in [3.8, 4) is 0 Å². The molecule has 1 aliphatic carbocycles. The van der Waals surface area contributed by atoms with Gasteiger partial charge in [-0.25, -0.2) is 0 Å². The molecule has 0 heterocycles. The zero-order chi connectivity index (χ0) is 11.4. The van der Waals surface area contributed by atoms with Gasteiger partial charge in [-0.15, -0.1) is 0 Å². The lowest BCUT2D eigenvalue weighted by molar-refractivity contribution is 0.404. The second-order valence-electron chi connectivity index (χ2n) is 4.93. The largest absolute Gasteiger partial charge is 0.0958 e. The maximum absolute atomic E-state index is 4.14. The van der Waals surface area contributed by atoms with Crippen molar-refractivity contribution in [1.29, 1.82) is 0 Å². The summed E-state index contributed by atoms with van der Waals surface area (Å²) in [5.41, 5.74) is 5.29. The molecule has 1 saturated carbocycles. The molecule has 84 valence electrons. The molecular weight excluding hydrogens is 180 g/mol. The third kappa shape index (κ3) is 3.09. The summed E-state index contributed by atoms with van der Waals surface area (Å²) in [6, 6.07) is 0. The van der Waals surface area contributed by atoms with Crippen LogP contribution in [-0.4, -0.2) is 0 Å². The molecule has 0 aromatic carbocycles. The normalized spacial score (nSPS) is 19.7. The number of rotatable bonds is 3. The van der Waals surface area contributed by atoms with Gasteiger partial charge in [-0.3, -0.25) is 0 Å². The van der Waals surface area contributed by atoms with Gasteiger partial charge in [0.25, 0.3) is 0 Å². The second-order valence-corrected chi connectivity index (χ2v) is 4.93. The van der Waals surface area contributed by atoms with Crippen molar-refractivity contribution in [1.82, 2.24) is 0 Å². The van der Waals surface area contributed by atoms with Gasteiger partial charge in [-0.2, -0.15) is 0 Å². The van der Waals surface area contributed by atoms with Gasteiger partial charge in [0.1, 0.15) is 0 Å². The SMILES string of the molecule is C=C(C)/C(C)=C(\C(=C)C)C1CCCCC1. The van der Waals surface area contributed by atoms with E-state index in [0.29, 0.717) is 0 Å². The first-order valence-corrected chi connectivity index (χ1v) is 6.06. The summed E-state index contributed by atoms with van der Waals surface area (Å²) in [4.78, 5) is 0. The van der Waals surface area contributed by atoms with Crippen LogP contribution in [0.5, 0.6) is 0 Å². The van der Waals surface area contributed by atoms with Crippen LogP contribution in [0.15, 0.2) is 35.5 Å². The molecule has 0 N–H and O–H groups in total. The number of hydrogen-bond donors (Lipinski definition) is 0. The Bertz CT molecular complexity index is 285. The smallest absolute Gasteiger partial charge is 0.0157 e. The van der Waals surface area contributed by atoms with Gasteiger partial charge in [0.2, 0.25) is 0 Å². The molecule has 0 bridgehead atoms. The Morgan fingerprint density at radius 1 is 0.867 bits per heavy atom. The van der Waals surface area contributed by atoms with Crippen molar-refractivity contribution in [3.63, 3.8) is 0 Å². The molecule has 0 unspecified atom stereocenters. The van der Waals surface area contributed by atoms with Gasteiger partial charge in [-0.1, -0.05) is 43.6 Å². The van der Waals surface area contributed by atoms with Gasteiger partial charge >= 0.3 is 0 Å². The fourth-order valence-electron chi connectivity index (χ4n) is 2.60. The second kappa shape index (κ2) is 5.34. The van der Waals surface area contributed by atoms with E-state index >= 15 is 0 Å². The van der Waals surface area contributed by atoms with Crippen LogP contribution in [0, 0.1) is 5.92 Å². The molecule has 1 rings (SSSR count). The molecule has 0 saturated heterocycles. The van der Waals surface area contributed by atoms with E-state index in [9.17, 15) is 0 Å². The molecule has 0 heteroatoms. The van der Waals surface area contributed by atoms with Crippen molar-refractivity contribution in [2.24, 2.45) is 5.92 Å². The minimum Gasteiger partial charge on any atom is -0.0958 e. The van der Waals surface area contributed by atoms with Crippen molar-refractivity contribution < 1.29 is 0 Å². The Balaban J connectivity index is 2.95. The van der Waals surface area contributed by atoms with Crippen LogP contribution in [0.2, 0.25) is 0 Å². The Morgan fingerprint density at radius 3 is 1.80 bits per heavy atom. The minimum absolute atomic E-state index is 0.743. The lowest BCUT2D eigenvalue weighted by atomic mass is 9.78. The first-order valence-electron chi connectivity index (χ1n) is 6.06. The van der Waals surface area contributed by atoms with Crippen LogP contribution in [0.25, 0.3) is 0 Å². The van der Waals surface area contributed by atoms with Gasteiger partial charge in [0, 0.05) is 0 Å². The van der Waals surface area contributed by atoms with Crippen LogP contribution in [0.1, 0.15) is 52.9 Å². The maximum Gasteiger partial charge on any atom is -0.0157 e. The molecule has 15 heavy (non-hydrogen) atoms.